The highest BCUT2D eigenvalue weighted by molar-refractivity contribution is 9.09. The van der Waals surface area contributed by atoms with Crippen LogP contribution in [0.5, 0.6) is 0 Å². The summed E-state index contributed by atoms with van der Waals surface area (Å²) in [6, 6.07) is 3.35. The molecule has 0 saturated heterocycles. The first-order valence-corrected chi connectivity index (χ1v) is 5.86. The molecule has 0 fully saturated rings. The van der Waals surface area contributed by atoms with E-state index in [0.717, 1.165) is 5.56 Å². The number of alkyl halides is 1. The van der Waals surface area contributed by atoms with Gasteiger partial charge in [0.2, 0.25) is 0 Å². The quantitative estimate of drug-likeness (QED) is 0.603. The van der Waals surface area contributed by atoms with Gasteiger partial charge in [0.1, 0.15) is 0 Å². The highest BCUT2D eigenvalue weighted by Crippen LogP contribution is 2.36. The van der Waals surface area contributed by atoms with Gasteiger partial charge in [-0.3, -0.25) is 0 Å². The molecule has 5 heteroatoms. The van der Waals surface area contributed by atoms with Crippen LogP contribution < -0.4 is 0 Å². The minimum Gasteiger partial charge on any atom is -0.465 e. The van der Waals surface area contributed by atoms with Crippen LogP contribution in [0.2, 0.25) is 10.0 Å². The Labute approximate surface area is 107 Å². The summed E-state index contributed by atoms with van der Waals surface area (Å²) in [5.74, 6) is -0.490. The SMILES string of the molecule is COC(=O)c1ccc(C(C)Br)c(Cl)c1Cl. The summed E-state index contributed by atoms with van der Waals surface area (Å²) in [6.45, 7) is 1.93. The van der Waals surface area contributed by atoms with Crippen LogP contribution in [0.1, 0.15) is 27.7 Å². The number of hydrogen-bond donors (Lipinski definition) is 0. The van der Waals surface area contributed by atoms with E-state index in [1.807, 2.05) is 6.92 Å². The van der Waals surface area contributed by atoms with Crippen LogP contribution in [0.15, 0.2) is 12.1 Å². The molecule has 0 spiro atoms. The number of rotatable bonds is 2. The van der Waals surface area contributed by atoms with E-state index in [0.29, 0.717) is 5.02 Å². The Morgan fingerprint density at radius 2 is 2.00 bits per heavy atom. The number of carbonyl (C=O) groups is 1. The topological polar surface area (TPSA) is 26.3 Å². The van der Waals surface area contributed by atoms with Gasteiger partial charge in [-0.2, -0.15) is 0 Å². The molecular weight excluding hydrogens is 303 g/mol. The van der Waals surface area contributed by atoms with Gasteiger partial charge in [0.15, 0.2) is 0 Å². The van der Waals surface area contributed by atoms with Crippen LogP contribution >= 0.6 is 39.1 Å². The van der Waals surface area contributed by atoms with Gasteiger partial charge >= 0.3 is 5.97 Å². The van der Waals surface area contributed by atoms with Crippen molar-refractivity contribution < 1.29 is 9.53 Å². The fourth-order valence-corrected chi connectivity index (χ4v) is 2.23. The Morgan fingerprint density at radius 3 is 2.47 bits per heavy atom. The molecule has 0 aliphatic heterocycles. The summed E-state index contributed by atoms with van der Waals surface area (Å²) in [4.78, 5) is 11.4. The summed E-state index contributed by atoms with van der Waals surface area (Å²) >= 11 is 15.4. The van der Waals surface area contributed by atoms with E-state index in [9.17, 15) is 4.79 Å². The second-order valence-electron chi connectivity index (χ2n) is 2.94. The van der Waals surface area contributed by atoms with Crippen molar-refractivity contribution in [1.29, 1.82) is 0 Å². The van der Waals surface area contributed by atoms with E-state index in [1.165, 1.54) is 7.11 Å². The Kier molecular flexibility index (Phi) is 4.44. The first kappa shape index (κ1) is 12.8. The molecule has 1 unspecified atom stereocenters. The van der Waals surface area contributed by atoms with Gasteiger partial charge < -0.3 is 4.74 Å². The molecule has 0 aliphatic rings. The Morgan fingerprint density at radius 1 is 1.40 bits per heavy atom. The van der Waals surface area contributed by atoms with E-state index in [4.69, 9.17) is 23.2 Å². The highest BCUT2D eigenvalue weighted by Gasteiger charge is 2.17. The number of esters is 1. The van der Waals surface area contributed by atoms with Crippen molar-refractivity contribution in [3.8, 4) is 0 Å². The molecule has 2 nitrogen and oxygen atoms in total. The minimum absolute atomic E-state index is 0.0780. The average molecular weight is 312 g/mol. The predicted octanol–water partition coefficient (Wildman–Crippen LogP) is 4.24. The Bertz CT molecular complexity index is 391. The third kappa shape index (κ3) is 2.65. The number of benzene rings is 1. The van der Waals surface area contributed by atoms with Gasteiger partial charge in [0, 0.05) is 4.83 Å². The molecule has 0 aromatic heterocycles. The lowest BCUT2D eigenvalue weighted by Crippen LogP contribution is -2.03. The van der Waals surface area contributed by atoms with E-state index in [1.54, 1.807) is 12.1 Å². The summed E-state index contributed by atoms with van der Waals surface area (Å²) in [5.41, 5.74) is 1.12. The van der Waals surface area contributed by atoms with Gasteiger partial charge in [-0.1, -0.05) is 45.2 Å². The van der Waals surface area contributed by atoms with Crippen LogP contribution in [0.3, 0.4) is 0 Å². The van der Waals surface area contributed by atoms with Crippen molar-refractivity contribution in [3.05, 3.63) is 33.3 Å². The summed E-state index contributed by atoms with van der Waals surface area (Å²) in [5, 5.41) is 0.608. The largest absolute Gasteiger partial charge is 0.465 e. The molecule has 0 amide bonds. The number of halogens is 3. The van der Waals surface area contributed by atoms with Gasteiger partial charge in [-0.25, -0.2) is 4.79 Å². The lowest BCUT2D eigenvalue weighted by atomic mass is 10.1. The van der Waals surface area contributed by atoms with Crippen molar-refractivity contribution in [2.24, 2.45) is 0 Å². The van der Waals surface area contributed by atoms with Gasteiger partial charge in [-0.05, 0) is 18.6 Å². The highest BCUT2D eigenvalue weighted by atomic mass is 79.9. The van der Waals surface area contributed by atoms with Crippen molar-refractivity contribution in [1.82, 2.24) is 0 Å². The Hall–Kier alpha value is -0.250. The van der Waals surface area contributed by atoms with E-state index < -0.39 is 5.97 Å². The van der Waals surface area contributed by atoms with Gasteiger partial charge in [0.05, 0.1) is 22.7 Å². The lowest BCUT2D eigenvalue weighted by Gasteiger charge is -2.10. The van der Waals surface area contributed by atoms with Crippen molar-refractivity contribution in [2.45, 2.75) is 11.8 Å². The normalized spacial score (nSPS) is 12.3. The third-order valence-corrected chi connectivity index (χ3v) is 3.34. The second-order valence-corrected chi connectivity index (χ2v) is 5.07. The average Bonchev–Trinajstić information content (AvgIpc) is 2.20. The molecule has 0 radical (unpaired) electrons. The molecule has 1 aromatic carbocycles. The summed E-state index contributed by atoms with van der Waals surface area (Å²) in [7, 11) is 1.30. The Balaban J connectivity index is 3.27. The molecule has 1 aromatic rings. The zero-order valence-electron chi connectivity index (χ0n) is 8.18. The van der Waals surface area contributed by atoms with E-state index >= 15 is 0 Å². The van der Waals surface area contributed by atoms with Crippen molar-refractivity contribution >= 4 is 45.1 Å². The van der Waals surface area contributed by atoms with Gasteiger partial charge in [0.25, 0.3) is 0 Å². The summed E-state index contributed by atoms with van der Waals surface area (Å²) in [6.07, 6.45) is 0. The minimum atomic E-state index is -0.490. The van der Waals surface area contributed by atoms with Crippen molar-refractivity contribution in [2.75, 3.05) is 7.11 Å². The van der Waals surface area contributed by atoms with Crippen LogP contribution in [0.4, 0.5) is 0 Å². The number of ether oxygens (including phenoxy) is 1. The number of methoxy groups -OCH3 is 1. The predicted molar refractivity (Wildman–Crippen MR) is 65.1 cm³/mol. The fourth-order valence-electron chi connectivity index (χ4n) is 1.14. The molecule has 0 bridgehead atoms. The molecule has 0 aliphatic carbocycles. The standard InChI is InChI=1S/C10H9BrCl2O2/c1-5(11)6-3-4-7(10(14)15-2)9(13)8(6)12/h3-5H,1-2H3. The lowest BCUT2D eigenvalue weighted by molar-refractivity contribution is 0.0601. The summed E-state index contributed by atoms with van der Waals surface area (Å²) < 4.78 is 4.58. The maximum atomic E-state index is 11.3. The molecule has 0 N–H and O–H groups in total. The van der Waals surface area contributed by atoms with Crippen LogP contribution in [-0.2, 0) is 4.74 Å². The second kappa shape index (κ2) is 5.19. The van der Waals surface area contributed by atoms with E-state index in [2.05, 4.69) is 20.7 Å². The van der Waals surface area contributed by atoms with Crippen LogP contribution in [0, 0.1) is 0 Å². The molecule has 82 valence electrons. The van der Waals surface area contributed by atoms with Gasteiger partial charge in [-0.15, -0.1) is 0 Å². The smallest absolute Gasteiger partial charge is 0.339 e. The van der Waals surface area contributed by atoms with Crippen molar-refractivity contribution in [3.63, 3.8) is 0 Å². The molecule has 1 rings (SSSR count). The molecular formula is C10H9BrCl2O2. The fraction of sp³-hybridized carbons (Fsp3) is 0.300. The molecule has 0 saturated carbocycles. The maximum absolute atomic E-state index is 11.3. The molecule has 1 atom stereocenters. The monoisotopic (exact) mass is 310 g/mol. The van der Waals surface area contributed by atoms with E-state index in [-0.39, 0.29) is 15.4 Å². The van der Waals surface area contributed by atoms with Crippen LogP contribution in [0.25, 0.3) is 0 Å². The number of hydrogen-bond acceptors (Lipinski definition) is 2. The van der Waals surface area contributed by atoms with Crippen LogP contribution in [-0.4, -0.2) is 13.1 Å². The maximum Gasteiger partial charge on any atom is 0.339 e. The third-order valence-electron chi connectivity index (χ3n) is 1.95. The zero-order chi connectivity index (χ0) is 11.6. The molecule has 15 heavy (non-hydrogen) atoms. The first-order chi connectivity index (χ1) is 6.99. The first-order valence-electron chi connectivity index (χ1n) is 4.19. The molecule has 0 heterocycles. The number of carbonyl (C=O) groups excluding carboxylic acids is 1. The zero-order valence-corrected chi connectivity index (χ0v) is 11.3.